The highest BCUT2D eigenvalue weighted by molar-refractivity contribution is 5.13. The molecule has 0 radical (unpaired) electrons. The van der Waals surface area contributed by atoms with Gasteiger partial charge in [-0.1, -0.05) is 0 Å². The lowest BCUT2D eigenvalue weighted by Gasteiger charge is -2.15. The maximum Gasteiger partial charge on any atom is 0.396 e. The van der Waals surface area contributed by atoms with Crippen LogP contribution in [0.5, 0.6) is 0 Å². The van der Waals surface area contributed by atoms with E-state index < -0.39 is 11.6 Å². The van der Waals surface area contributed by atoms with E-state index in [0.29, 0.717) is 13.0 Å². The Morgan fingerprint density at radius 3 is 2.30 bits per heavy atom. The normalized spacial score (nSPS) is 45.3. The van der Waals surface area contributed by atoms with Crippen molar-refractivity contribution in [2.75, 3.05) is 13.1 Å². The van der Waals surface area contributed by atoms with Gasteiger partial charge in [0.05, 0.1) is 5.41 Å². The van der Waals surface area contributed by atoms with Gasteiger partial charge in [-0.15, -0.1) is 0 Å². The standard InChI is InChI=1S/C6H8F3N/c7-6(8,9)5-1-4(5)2-10-3-5/h4,10H,1-3H2/t4-,5-/m0/s1. The molecule has 10 heavy (non-hydrogen) atoms. The third-order valence-electron chi connectivity index (χ3n) is 2.63. The van der Waals surface area contributed by atoms with Crippen molar-refractivity contribution < 1.29 is 13.2 Å². The molecule has 0 aromatic heterocycles. The average Bonchev–Trinajstić information content (AvgIpc) is 2.36. The molecule has 1 aliphatic heterocycles. The van der Waals surface area contributed by atoms with Crippen molar-refractivity contribution in [3.05, 3.63) is 0 Å². The largest absolute Gasteiger partial charge is 0.396 e. The molecule has 2 fully saturated rings. The zero-order valence-electron chi connectivity index (χ0n) is 5.33. The molecule has 0 spiro atoms. The van der Waals surface area contributed by atoms with Gasteiger partial charge in [-0.3, -0.25) is 0 Å². The van der Waals surface area contributed by atoms with E-state index in [0.717, 1.165) is 0 Å². The zero-order valence-corrected chi connectivity index (χ0v) is 5.33. The molecule has 4 heteroatoms. The van der Waals surface area contributed by atoms with Gasteiger partial charge in [-0.2, -0.15) is 13.2 Å². The number of fused-ring (bicyclic) bond motifs is 1. The van der Waals surface area contributed by atoms with Gasteiger partial charge in [0.2, 0.25) is 0 Å². The third-order valence-corrected chi connectivity index (χ3v) is 2.63. The van der Waals surface area contributed by atoms with E-state index in [2.05, 4.69) is 5.32 Å². The van der Waals surface area contributed by atoms with Crippen molar-refractivity contribution in [1.29, 1.82) is 0 Å². The molecule has 1 saturated carbocycles. The van der Waals surface area contributed by atoms with Gasteiger partial charge in [0.25, 0.3) is 0 Å². The van der Waals surface area contributed by atoms with Gasteiger partial charge in [0.1, 0.15) is 0 Å². The number of hydrogen-bond donors (Lipinski definition) is 1. The topological polar surface area (TPSA) is 12.0 Å². The maximum absolute atomic E-state index is 12.1. The van der Waals surface area contributed by atoms with Crippen LogP contribution in [-0.2, 0) is 0 Å². The van der Waals surface area contributed by atoms with Crippen molar-refractivity contribution in [3.63, 3.8) is 0 Å². The summed E-state index contributed by atoms with van der Waals surface area (Å²) in [6, 6.07) is 0. The number of hydrogen-bond acceptors (Lipinski definition) is 1. The number of alkyl halides is 3. The van der Waals surface area contributed by atoms with Gasteiger partial charge >= 0.3 is 6.18 Å². The smallest absolute Gasteiger partial charge is 0.316 e. The van der Waals surface area contributed by atoms with E-state index in [-0.39, 0.29) is 12.5 Å². The van der Waals surface area contributed by atoms with Gasteiger partial charge in [0, 0.05) is 6.54 Å². The summed E-state index contributed by atoms with van der Waals surface area (Å²) in [5.41, 5.74) is -1.31. The van der Waals surface area contributed by atoms with E-state index in [9.17, 15) is 13.2 Å². The summed E-state index contributed by atoms with van der Waals surface area (Å²) in [7, 11) is 0. The number of piperidine rings is 1. The van der Waals surface area contributed by atoms with E-state index in [1.165, 1.54) is 0 Å². The molecule has 2 rings (SSSR count). The molecule has 58 valence electrons. The van der Waals surface area contributed by atoms with Crippen LogP contribution in [0.2, 0.25) is 0 Å². The van der Waals surface area contributed by atoms with Crippen LogP contribution < -0.4 is 5.32 Å². The Balaban J connectivity index is 2.18. The summed E-state index contributed by atoms with van der Waals surface area (Å²) < 4.78 is 36.4. The summed E-state index contributed by atoms with van der Waals surface area (Å²) in [6.07, 6.45) is -3.62. The molecule has 0 unspecified atom stereocenters. The first-order valence-corrected chi connectivity index (χ1v) is 3.34. The van der Waals surface area contributed by atoms with E-state index in [1.54, 1.807) is 0 Å². The predicted molar refractivity (Wildman–Crippen MR) is 29.5 cm³/mol. The highest BCUT2D eigenvalue weighted by atomic mass is 19.4. The van der Waals surface area contributed by atoms with Gasteiger partial charge in [-0.05, 0) is 18.9 Å². The van der Waals surface area contributed by atoms with E-state index in [4.69, 9.17) is 0 Å². The van der Waals surface area contributed by atoms with Crippen molar-refractivity contribution in [1.82, 2.24) is 5.32 Å². The Morgan fingerprint density at radius 2 is 2.10 bits per heavy atom. The van der Waals surface area contributed by atoms with Crippen LogP contribution in [0.25, 0.3) is 0 Å². The molecule has 2 atom stereocenters. The lowest BCUT2D eigenvalue weighted by atomic mass is 10.1. The Bertz CT molecular complexity index is 165. The lowest BCUT2D eigenvalue weighted by molar-refractivity contribution is -0.185. The SMILES string of the molecule is FC(F)(F)[C@@]12CNC[C@@H]1C2. The molecule has 1 saturated heterocycles. The van der Waals surface area contributed by atoms with Crippen LogP contribution in [0, 0.1) is 11.3 Å². The van der Waals surface area contributed by atoms with Gasteiger partial charge < -0.3 is 5.32 Å². The van der Waals surface area contributed by atoms with Crippen molar-refractivity contribution in [3.8, 4) is 0 Å². The second kappa shape index (κ2) is 1.49. The Kier molecular flexibility index (Phi) is 0.966. The molecular weight excluding hydrogens is 143 g/mol. The molecule has 2 aliphatic rings. The monoisotopic (exact) mass is 151 g/mol. The fourth-order valence-electron chi connectivity index (χ4n) is 1.78. The fraction of sp³-hybridized carbons (Fsp3) is 1.00. The van der Waals surface area contributed by atoms with Crippen LogP contribution in [0.4, 0.5) is 13.2 Å². The molecule has 0 amide bonds. The van der Waals surface area contributed by atoms with Crippen LogP contribution >= 0.6 is 0 Å². The van der Waals surface area contributed by atoms with Crippen LogP contribution in [0.1, 0.15) is 6.42 Å². The minimum Gasteiger partial charge on any atom is -0.316 e. The first kappa shape index (κ1) is 6.46. The first-order valence-electron chi connectivity index (χ1n) is 3.34. The molecule has 0 bridgehead atoms. The second-order valence-electron chi connectivity index (χ2n) is 3.19. The Labute approximate surface area is 56.6 Å². The molecular formula is C6H8F3N. The summed E-state index contributed by atoms with van der Waals surface area (Å²) in [5, 5.41) is 2.75. The predicted octanol–water partition coefficient (Wildman–Crippen LogP) is 1.16. The molecule has 0 aromatic carbocycles. The molecule has 1 N–H and O–H groups in total. The number of rotatable bonds is 0. The van der Waals surface area contributed by atoms with Crippen LogP contribution in [0.3, 0.4) is 0 Å². The summed E-state index contributed by atoms with van der Waals surface area (Å²) >= 11 is 0. The highest BCUT2D eigenvalue weighted by Gasteiger charge is 2.72. The lowest BCUT2D eigenvalue weighted by Crippen LogP contribution is -2.30. The average molecular weight is 151 g/mol. The number of halogens is 3. The van der Waals surface area contributed by atoms with Crippen molar-refractivity contribution >= 4 is 0 Å². The van der Waals surface area contributed by atoms with Gasteiger partial charge in [-0.25, -0.2) is 0 Å². The maximum atomic E-state index is 12.1. The summed E-state index contributed by atoms with van der Waals surface area (Å²) in [6.45, 7) is 0.695. The molecule has 1 nitrogen and oxygen atoms in total. The molecule has 0 aromatic rings. The first-order chi connectivity index (χ1) is 4.56. The third kappa shape index (κ3) is 0.576. The van der Waals surface area contributed by atoms with Gasteiger partial charge in [0.15, 0.2) is 0 Å². The molecule has 1 heterocycles. The van der Waals surface area contributed by atoms with E-state index in [1.807, 2.05) is 0 Å². The minimum absolute atomic E-state index is 0.118. The van der Waals surface area contributed by atoms with Crippen LogP contribution in [-0.4, -0.2) is 19.3 Å². The highest BCUT2D eigenvalue weighted by Crippen LogP contribution is 2.63. The van der Waals surface area contributed by atoms with Crippen molar-refractivity contribution in [2.24, 2.45) is 11.3 Å². The second-order valence-corrected chi connectivity index (χ2v) is 3.19. The number of nitrogens with one attached hydrogen (secondary N) is 1. The Morgan fingerprint density at radius 1 is 1.40 bits per heavy atom. The quantitative estimate of drug-likeness (QED) is 0.547. The zero-order chi connectivity index (χ0) is 7.41. The minimum atomic E-state index is -3.97. The van der Waals surface area contributed by atoms with Crippen LogP contribution in [0.15, 0.2) is 0 Å². The van der Waals surface area contributed by atoms with E-state index >= 15 is 0 Å². The Hall–Kier alpha value is -0.250. The molecule has 1 aliphatic carbocycles. The summed E-state index contributed by atoms with van der Waals surface area (Å²) in [4.78, 5) is 0. The fourth-order valence-corrected chi connectivity index (χ4v) is 1.78. The van der Waals surface area contributed by atoms with Crippen molar-refractivity contribution in [2.45, 2.75) is 12.6 Å². The summed E-state index contributed by atoms with van der Waals surface area (Å²) in [5.74, 6) is -0.118.